The minimum atomic E-state index is -3.71. The molecule has 0 bridgehead atoms. The SMILES string of the molecule is O=C(CCS(=O)(=O)c1ccc2c(c1)SCC(=O)N2)Nc1ccc(Cl)cc1F. The summed E-state index contributed by atoms with van der Waals surface area (Å²) in [7, 11) is -3.71. The number of rotatable bonds is 5. The van der Waals surface area contributed by atoms with E-state index in [-0.39, 0.29) is 33.7 Å². The van der Waals surface area contributed by atoms with E-state index in [0.29, 0.717) is 10.6 Å². The average molecular weight is 429 g/mol. The number of fused-ring (bicyclic) bond motifs is 1. The summed E-state index contributed by atoms with van der Waals surface area (Å²) in [5, 5.41) is 5.18. The van der Waals surface area contributed by atoms with Gasteiger partial charge in [-0.05, 0) is 36.4 Å². The summed E-state index contributed by atoms with van der Waals surface area (Å²) in [6.45, 7) is 0. The lowest BCUT2D eigenvalue weighted by molar-refractivity contribution is -0.116. The fraction of sp³-hybridized carbons (Fsp3) is 0.176. The molecular weight excluding hydrogens is 415 g/mol. The van der Waals surface area contributed by atoms with Crippen molar-refractivity contribution in [2.24, 2.45) is 0 Å². The summed E-state index contributed by atoms with van der Waals surface area (Å²) >= 11 is 6.89. The zero-order chi connectivity index (χ0) is 19.6. The summed E-state index contributed by atoms with van der Waals surface area (Å²) < 4.78 is 38.7. The highest BCUT2D eigenvalue weighted by molar-refractivity contribution is 8.00. The van der Waals surface area contributed by atoms with Crippen molar-refractivity contribution in [3.63, 3.8) is 0 Å². The van der Waals surface area contributed by atoms with Gasteiger partial charge in [0.05, 0.1) is 27.8 Å². The van der Waals surface area contributed by atoms with Crippen molar-refractivity contribution in [2.75, 3.05) is 22.1 Å². The number of thioether (sulfide) groups is 1. The summed E-state index contributed by atoms with van der Waals surface area (Å²) in [6.07, 6.45) is -0.328. The van der Waals surface area contributed by atoms with Crippen LogP contribution in [0.25, 0.3) is 0 Å². The fourth-order valence-corrected chi connectivity index (χ4v) is 4.74. The minimum Gasteiger partial charge on any atom is -0.324 e. The van der Waals surface area contributed by atoms with Gasteiger partial charge in [-0.1, -0.05) is 11.6 Å². The third-order valence-corrected chi connectivity index (χ3v) is 6.75. The molecule has 0 aromatic heterocycles. The van der Waals surface area contributed by atoms with Crippen molar-refractivity contribution >= 4 is 56.4 Å². The first-order valence-electron chi connectivity index (χ1n) is 7.79. The highest BCUT2D eigenvalue weighted by atomic mass is 35.5. The van der Waals surface area contributed by atoms with Crippen molar-refractivity contribution in [1.29, 1.82) is 0 Å². The van der Waals surface area contributed by atoms with Crippen LogP contribution in [0.2, 0.25) is 5.02 Å². The van der Waals surface area contributed by atoms with Gasteiger partial charge in [0.2, 0.25) is 11.8 Å². The lowest BCUT2D eigenvalue weighted by Gasteiger charge is -2.17. The molecule has 0 radical (unpaired) electrons. The molecule has 0 saturated carbocycles. The molecule has 142 valence electrons. The second kappa shape index (κ2) is 7.87. The molecule has 0 aliphatic carbocycles. The second-order valence-electron chi connectivity index (χ2n) is 5.74. The van der Waals surface area contributed by atoms with Gasteiger partial charge in [0.1, 0.15) is 5.82 Å². The van der Waals surface area contributed by atoms with Gasteiger partial charge in [0, 0.05) is 16.3 Å². The van der Waals surface area contributed by atoms with Crippen LogP contribution in [0.3, 0.4) is 0 Å². The van der Waals surface area contributed by atoms with Crippen molar-refractivity contribution in [1.82, 2.24) is 0 Å². The normalized spacial score (nSPS) is 13.6. The molecule has 27 heavy (non-hydrogen) atoms. The topological polar surface area (TPSA) is 92.3 Å². The van der Waals surface area contributed by atoms with Gasteiger partial charge in [-0.3, -0.25) is 9.59 Å². The van der Waals surface area contributed by atoms with Gasteiger partial charge in [-0.15, -0.1) is 11.8 Å². The Morgan fingerprint density at radius 3 is 2.78 bits per heavy atom. The number of hydrogen-bond donors (Lipinski definition) is 2. The Morgan fingerprint density at radius 2 is 2.04 bits per heavy atom. The Hall–Kier alpha value is -2.10. The van der Waals surface area contributed by atoms with Crippen LogP contribution in [-0.4, -0.2) is 31.7 Å². The molecule has 0 spiro atoms. The molecule has 2 amide bonds. The van der Waals surface area contributed by atoms with E-state index in [1.165, 1.54) is 42.1 Å². The summed E-state index contributed by atoms with van der Waals surface area (Å²) in [5.74, 6) is -1.68. The molecule has 1 aliphatic rings. The van der Waals surface area contributed by atoms with Crippen LogP contribution in [0.4, 0.5) is 15.8 Å². The highest BCUT2D eigenvalue weighted by Crippen LogP contribution is 2.33. The second-order valence-corrected chi connectivity index (χ2v) is 9.30. The predicted octanol–water partition coefficient (Wildman–Crippen LogP) is 3.33. The molecule has 0 fully saturated rings. The molecule has 0 atom stereocenters. The van der Waals surface area contributed by atoms with Crippen molar-refractivity contribution in [2.45, 2.75) is 16.2 Å². The van der Waals surface area contributed by atoms with E-state index in [4.69, 9.17) is 11.6 Å². The van der Waals surface area contributed by atoms with Crippen LogP contribution in [-0.2, 0) is 19.4 Å². The van der Waals surface area contributed by atoms with Crippen molar-refractivity contribution < 1.29 is 22.4 Å². The average Bonchev–Trinajstić information content (AvgIpc) is 2.62. The predicted molar refractivity (Wildman–Crippen MR) is 103 cm³/mol. The number of hydrogen-bond acceptors (Lipinski definition) is 5. The number of sulfone groups is 1. The quantitative estimate of drug-likeness (QED) is 0.762. The van der Waals surface area contributed by atoms with E-state index in [1.807, 2.05) is 0 Å². The number of anilines is 2. The van der Waals surface area contributed by atoms with Gasteiger partial charge in [0.15, 0.2) is 9.84 Å². The minimum absolute atomic E-state index is 0.0652. The molecule has 0 unspecified atom stereocenters. The summed E-state index contributed by atoms with van der Waals surface area (Å²) in [6, 6.07) is 8.16. The molecule has 10 heteroatoms. The first kappa shape index (κ1) is 19.7. The lowest BCUT2D eigenvalue weighted by atomic mass is 10.3. The maximum atomic E-state index is 13.7. The number of halogens is 2. The Kier molecular flexibility index (Phi) is 5.73. The molecule has 1 aliphatic heterocycles. The van der Waals surface area contributed by atoms with Crippen LogP contribution >= 0.6 is 23.4 Å². The number of nitrogens with one attached hydrogen (secondary N) is 2. The molecule has 2 N–H and O–H groups in total. The molecule has 1 heterocycles. The number of amides is 2. The monoisotopic (exact) mass is 428 g/mol. The Labute approximate surface area is 164 Å². The summed E-state index contributed by atoms with van der Waals surface area (Å²) in [5.41, 5.74) is 0.494. The van der Waals surface area contributed by atoms with E-state index >= 15 is 0 Å². The van der Waals surface area contributed by atoms with E-state index in [1.54, 1.807) is 0 Å². The Bertz CT molecular complexity index is 1030. The Balaban J connectivity index is 1.66. The van der Waals surface area contributed by atoms with E-state index in [2.05, 4.69) is 10.6 Å². The van der Waals surface area contributed by atoms with Gasteiger partial charge in [0.25, 0.3) is 0 Å². The van der Waals surface area contributed by atoms with E-state index in [0.717, 1.165) is 6.07 Å². The number of carbonyl (C=O) groups is 2. The molecule has 2 aromatic rings. The zero-order valence-electron chi connectivity index (χ0n) is 13.8. The zero-order valence-corrected chi connectivity index (χ0v) is 16.2. The maximum absolute atomic E-state index is 13.7. The van der Waals surface area contributed by atoms with Crippen LogP contribution in [0, 0.1) is 5.82 Å². The fourth-order valence-electron chi connectivity index (χ4n) is 2.40. The highest BCUT2D eigenvalue weighted by Gasteiger charge is 2.21. The van der Waals surface area contributed by atoms with Crippen LogP contribution in [0.5, 0.6) is 0 Å². The van der Waals surface area contributed by atoms with Gasteiger partial charge in [-0.25, -0.2) is 12.8 Å². The van der Waals surface area contributed by atoms with E-state index < -0.39 is 27.3 Å². The van der Waals surface area contributed by atoms with Crippen LogP contribution in [0.1, 0.15) is 6.42 Å². The van der Waals surface area contributed by atoms with Crippen LogP contribution in [0.15, 0.2) is 46.2 Å². The van der Waals surface area contributed by atoms with Gasteiger partial charge >= 0.3 is 0 Å². The van der Waals surface area contributed by atoms with Crippen LogP contribution < -0.4 is 10.6 Å². The molecule has 2 aromatic carbocycles. The number of benzene rings is 2. The summed E-state index contributed by atoms with van der Waals surface area (Å²) in [4.78, 5) is 24.0. The largest absolute Gasteiger partial charge is 0.324 e. The third kappa shape index (κ3) is 4.79. The molecular formula is C17H14ClFN2O4S2. The smallest absolute Gasteiger partial charge is 0.234 e. The molecule has 6 nitrogen and oxygen atoms in total. The van der Waals surface area contributed by atoms with E-state index in [9.17, 15) is 22.4 Å². The first-order valence-corrected chi connectivity index (χ1v) is 10.8. The van der Waals surface area contributed by atoms with Crippen molar-refractivity contribution in [3.8, 4) is 0 Å². The number of carbonyl (C=O) groups excluding carboxylic acids is 2. The molecule has 3 rings (SSSR count). The standard InChI is InChI=1S/C17H14ClFN2O4S2/c18-10-1-3-13(12(19)7-10)20-16(22)5-6-27(24,25)11-2-4-14-15(8-11)26-9-17(23)21-14/h1-4,7-8H,5-6,9H2,(H,20,22)(H,21,23). The first-order chi connectivity index (χ1) is 12.7. The Morgan fingerprint density at radius 1 is 1.26 bits per heavy atom. The third-order valence-electron chi connectivity index (χ3n) is 3.75. The van der Waals surface area contributed by atoms with Gasteiger partial charge in [-0.2, -0.15) is 0 Å². The van der Waals surface area contributed by atoms with Crippen molar-refractivity contribution in [3.05, 3.63) is 47.2 Å². The lowest BCUT2D eigenvalue weighted by Crippen LogP contribution is -2.20. The maximum Gasteiger partial charge on any atom is 0.234 e. The van der Waals surface area contributed by atoms with Gasteiger partial charge < -0.3 is 10.6 Å². The molecule has 0 saturated heterocycles.